The number of amidine groups is 1. The molecule has 1 aliphatic rings. The summed E-state index contributed by atoms with van der Waals surface area (Å²) in [5, 5.41) is 14.6. The van der Waals surface area contributed by atoms with Crippen molar-refractivity contribution in [1.29, 1.82) is 0 Å². The van der Waals surface area contributed by atoms with Crippen LogP contribution in [0.4, 0.5) is 11.4 Å². The van der Waals surface area contributed by atoms with Gasteiger partial charge in [-0.3, -0.25) is 9.59 Å². The number of nitrogens with one attached hydrogen (secondary N) is 2. The largest absolute Gasteiger partial charge is 0.508 e. The molecule has 3 N–H and O–H groups in total. The van der Waals surface area contributed by atoms with E-state index in [1.54, 1.807) is 24.3 Å². The maximum Gasteiger partial charge on any atom is 0.240 e. The van der Waals surface area contributed by atoms with Gasteiger partial charge < -0.3 is 15.7 Å². The van der Waals surface area contributed by atoms with Crippen LogP contribution in [0.5, 0.6) is 5.75 Å². The third kappa shape index (κ3) is 4.14. The third-order valence-corrected chi connectivity index (χ3v) is 4.37. The summed E-state index contributed by atoms with van der Waals surface area (Å²) in [6, 6.07) is 15.4. The first kappa shape index (κ1) is 16.1. The standard InChI is InChI=1S/C17H15N3O3S/c21-13-8-6-12(7-9-13)19-17-20-16(23)14(24-17)10-15(22)18-11-4-2-1-3-5-11/h1-9,14,21H,10H2,(H,18,22)(H,19,20,23)/t14-/m1/s1. The summed E-state index contributed by atoms with van der Waals surface area (Å²) >= 11 is 1.22. The molecule has 122 valence electrons. The van der Waals surface area contributed by atoms with Crippen LogP contribution in [-0.2, 0) is 9.59 Å². The topological polar surface area (TPSA) is 90.8 Å². The van der Waals surface area contributed by atoms with E-state index in [4.69, 9.17) is 0 Å². The van der Waals surface area contributed by atoms with Crippen molar-refractivity contribution in [1.82, 2.24) is 5.32 Å². The Bertz CT molecular complexity index is 775. The van der Waals surface area contributed by atoms with Gasteiger partial charge in [0.1, 0.15) is 11.0 Å². The number of benzene rings is 2. The van der Waals surface area contributed by atoms with E-state index in [9.17, 15) is 14.7 Å². The van der Waals surface area contributed by atoms with Crippen LogP contribution >= 0.6 is 11.8 Å². The molecular weight excluding hydrogens is 326 g/mol. The maximum absolute atomic E-state index is 12.0. The molecule has 2 aromatic carbocycles. The number of amides is 2. The van der Waals surface area contributed by atoms with E-state index in [1.165, 1.54) is 23.9 Å². The first-order chi connectivity index (χ1) is 11.6. The van der Waals surface area contributed by atoms with Crippen LogP contribution in [0.3, 0.4) is 0 Å². The Balaban J connectivity index is 1.60. The molecule has 1 saturated heterocycles. The van der Waals surface area contributed by atoms with Gasteiger partial charge in [0.05, 0.1) is 5.69 Å². The zero-order valence-corrected chi connectivity index (χ0v) is 13.4. The van der Waals surface area contributed by atoms with Crippen molar-refractivity contribution in [2.75, 3.05) is 5.32 Å². The maximum atomic E-state index is 12.0. The molecule has 6 nitrogen and oxygen atoms in total. The Morgan fingerprint density at radius 2 is 1.88 bits per heavy atom. The quantitative estimate of drug-likeness (QED) is 0.797. The second-order valence-electron chi connectivity index (χ2n) is 5.15. The van der Waals surface area contributed by atoms with Gasteiger partial charge in [-0.25, -0.2) is 4.99 Å². The van der Waals surface area contributed by atoms with Gasteiger partial charge in [0, 0.05) is 12.1 Å². The zero-order valence-electron chi connectivity index (χ0n) is 12.6. The van der Waals surface area contributed by atoms with Crippen molar-refractivity contribution in [2.45, 2.75) is 11.7 Å². The van der Waals surface area contributed by atoms with Gasteiger partial charge in [0.15, 0.2) is 5.17 Å². The summed E-state index contributed by atoms with van der Waals surface area (Å²) in [5.74, 6) is -0.307. The molecule has 0 spiro atoms. The number of para-hydroxylation sites is 1. The molecule has 2 aromatic rings. The molecular formula is C17H15N3O3S. The Hall–Kier alpha value is -2.80. The van der Waals surface area contributed by atoms with Crippen molar-refractivity contribution >= 4 is 40.1 Å². The highest BCUT2D eigenvalue weighted by molar-refractivity contribution is 8.15. The predicted octanol–water partition coefficient (Wildman–Crippen LogP) is 2.64. The molecule has 1 heterocycles. The third-order valence-electron chi connectivity index (χ3n) is 3.29. The van der Waals surface area contributed by atoms with Crippen LogP contribution in [0.15, 0.2) is 59.6 Å². The number of aromatic hydroxyl groups is 1. The second-order valence-corrected chi connectivity index (χ2v) is 6.34. The minimum absolute atomic E-state index is 0.0694. The average Bonchev–Trinajstić information content (AvgIpc) is 2.90. The monoisotopic (exact) mass is 341 g/mol. The first-order valence-corrected chi connectivity index (χ1v) is 8.18. The number of hydrogen-bond acceptors (Lipinski definition) is 5. The van der Waals surface area contributed by atoms with E-state index < -0.39 is 5.25 Å². The number of phenols is 1. The summed E-state index contributed by atoms with van der Waals surface area (Å²) in [6.07, 6.45) is 0.0694. The van der Waals surface area contributed by atoms with Crippen molar-refractivity contribution in [3.63, 3.8) is 0 Å². The molecule has 0 aliphatic carbocycles. The number of nitrogens with zero attached hydrogens (tertiary/aromatic N) is 1. The molecule has 2 amide bonds. The number of phenolic OH excluding ortho intramolecular Hbond substituents is 1. The van der Waals surface area contributed by atoms with Crippen molar-refractivity contribution in [3.05, 3.63) is 54.6 Å². The van der Waals surface area contributed by atoms with E-state index >= 15 is 0 Å². The Kier molecular flexibility index (Phi) is 4.81. The molecule has 0 saturated carbocycles. The lowest BCUT2D eigenvalue weighted by Gasteiger charge is -2.07. The van der Waals surface area contributed by atoms with Crippen LogP contribution in [0.25, 0.3) is 0 Å². The minimum Gasteiger partial charge on any atom is -0.508 e. The molecule has 7 heteroatoms. The summed E-state index contributed by atoms with van der Waals surface area (Å²) in [7, 11) is 0. The minimum atomic E-state index is -0.510. The highest BCUT2D eigenvalue weighted by atomic mass is 32.2. The number of hydrogen-bond donors (Lipinski definition) is 3. The van der Waals surface area contributed by atoms with Gasteiger partial charge in [-0.2, -0.15) is 0 Å². The van der Waals surface area contributed by atoms with E-state index in [1.807, 2.05) is 18.2 Å². The number of anilines is 1. The molecule has 0 bridgehead atoms. The number of rotatable bonds is 4. The normalized spacial score (nSPS) is 18.4. The summed E-state index contributed by atoms with van der Waals surface area (Å²) in [4.78, 5) is 28.3. The van der Waals surface area contributed by atoms with Crippen molar-refractivity contribution < 1.29 is 14.7 Å². The van der Waals surface area contributed by atoms with Crippen LogP contribution in [0.1, 0.15) is 6.42 Å². The molecule has 24 heavy (non-hydrogen) atoms. The SMILES string of the molecule is O=C(C[C@H]1SC(=Nc2ccc(O)cc2)NC1=O)Nc1ccccc1. The number of carbonyl (C=O) groups is 2. The predicted molar refractivity (Wildman–Crippen MR) is 94.4 cm³/mol. The van der Waals surface area contributed by atoms with Crippen LogP contribution in [0, 0.1) is 0 Å². The van der Waals surface area contributed by atoms with Gasteiger partial charge in [0.25, 0.3) is 0 Å². The fourth-order valence-electron chi connectivity index (χ4n) is 2.14. The molecule has 1 fully saturated rings. The van der Waals surface area contributed by atoms with E-state index in [-0.39, 0.29) is 24.0 Å². The average molecular weight is 341 g/mol. The second kappa shape index (κ2) is 7.18. The highest BCUT2D eigenvalue weighted by Crippen LogP contribution is 2.26. The number of thioether (sulfide) groups is 1. The van der Waals surface area contributed by atoms with Crippen LogP contribution in [0.2, 0.25) is 0 Å². The van der Waals surface area contributed by atoms with Crippen molar-refractivity contribution in [2.24, 2.45) is 4.99 Å². The van der Waals surface area contributed by atoms with E-state index in [0.29, 0.717) is 16.5 Å². The lowest BCUT2D eigenvalue weighted by Crippen LogP contribution is -2.28. The summed E-state index contributed by atoms with van der Waals surface area (Å²) < 4.78 is 0. The number of aliphatic imine (C=N–C) groups is 1. The Morgan fingerprint density at radius 3 is 2.58 bits per heavy atom. The lowest BCUT2D eigenvalue weighted by molar-refractivity contribution is -0.122. The first-order valence-electron chi connectivity index (χ1n) is 7.30. The summed E-state index contributed by atoms with van der Waals surface area (Å²) in [5.41, 5.74) is 1.31. The van der Waals surface area contributed by atoms with Crippen molar-refractivity contribution in [3.8, 4) is 5.75 Å². The van der Waals surface area contributed by atoms with Gasteiger partial charge in [-0.05, 0) is 36.4 Å². The zero-order chi connectivity index (χ0) is 16.9. The van der Waals surface area contributed by atoms with Gasteiger partial charge >= 0.3 is 0 Å². The highest BCUT2D eigenvalue weighted by Gasteiger charge is 2.32. The Labute approximate surface area is 143 Å². The molecule has 0 aromatic heterocycles. The fraction of sp³-hybridized carbons (Fsp3) is 0.118. The molecule has 1 aliphatic heterocycles. The summed E-state index contributed by atoms with van der Waals surface area (Å²) in [6.45, 7) is 0. The lowest BCUT2D eigenvalue weighted by atomic mass is 10.2. The van der Waals surface area contributed by atoms with E-state index in [2.05, 4.69) is 15.6 Å². The van der Waals surface area contributed by atoms with Gasteiger partial charge in [0.2, 0.25) is 11.8 Å². The van der Waals surface area contributed by atoms with Crippen LogP contribution in [-0.4, -0.2) is 27.3 Å². The van der Waals surface area contributed by atoms with Crippen LogP contribution < -0.4 is 10.6 Å². The van der Waals surface area contributed by atoms with Gasteiger partial charge in [-0.1, -0.05) is 30.0 Å². The fourth-order valence-corrected chi connectivity index (χ4v) is 3.13. The number of carbonyl (C=O) groups excluding carboxylic acids is 2. The van der Waals surface area contributed by atoms with Gasteiger partial charge in [-0.15, -0.1) is 0 Å². The Morgan fingerprint density at radius 1 is 1.17 bits per heavy atom. The van der Waals surface area contributed by atoms with E-state index in [0.717, 1.165) is 0 Å². The molecule has 0 unspecified atom stereocenters. The smallest absolute Gasteiger partial charge is 0.240 e. The molecule has 3 rings (SSSR count). The molecule has 0 radical (unpaired) electrons. The molecule has 1 atom stereocenters.